The first-order valence-electron chi connectivity index (χ1n) is 12.9. The maximum atomic E-state index is 15.1. The molecule has 0 saturated carbocycles. The number of carbonyl (C=O) groups excluding carboxylic acids is 2. The Morgan fingerprint density at radius 3 is 2.12 bits per heavy atom. The second kappa shape index (κ2) is 13.8. The van der Waals surface area contributed by atoms with Crippen LogP contribution in [-0.2, 0) is 32.6 Å². The minimum absolute atomic E-state index is 0.125. The fourth-order valence-electron chi connectivity index (χ4n) is 4.44. The number of halogens is 3. The predicted octanol–water partition coefficient (Wildman–Crippen LogP) is 5.71. The van der Waals surface area contributed by atoms with E-state index in [1.807, 2.05) is 30.3 Å². The Bertz CT molecular complexity index is 1660. The molecule has 0 aliphatic rings. The molecule has 0 saturated heterocycles. The molecule has 0 bridgehead atoms. The number of hydrogen-bond acceptors (Lipinski definition) is 4. The second-order valence-electron chi connectivity index (χ2n) is 9.35. The summed E-state index contributed by atoms with van der Waals surface area (Å²) < 4.78 is 43.4. The lowest BCUT2D eigenvalue weighted by atomic mass is 10.0. The average Bonchev–Trinajstić information content (AvgIpc) is 2.99. The molecule has 0 heterocycles. The van der Waals surface area contributed by atoms with Gasteiger partial charge >= 0.3 is 0 Å². The van der Waals surface area contributed by atoms with Gasteiger partial charge in [0.15, 0.2) is 0 Å². The number of rotatable bonds is 11. The maximum Gasteiger partial charge on any atom is 0.264 e. The van der Waals surface area contributed by atoms with Crippen LogP contribution in [0.3, 0.4) is 0 Å². The number of amides is 2. The average molecular weight is 629 g/mol. The number of nitrogens with one attached hydrogen (secondary N) is 1. The number of para-hydroxylation sites is 1. The summed E-state index contributed by atoms with van der Waals surface area (Å²) in [6.07, 6.45) is 0.128. The van der Waals surface area contributed by atoms with Gasteiger partial charge in [-0.2, -0.15) is 0 Å². The van der Waals surface area contributed by atoms with E-state index >= 15 is 4.39 Å². The number of likely N-dealkylation sites (N-methyl/N-ethyl adjacent to an activating group) is 1. The molecular formula is C31H28Cl2FN3O4S. The van der Waals surface area contributed by atoms with Crippen molar-refractivity contribution in [1.29, 1.82) is 0 Å². The molecule has 0 aromatic heterocycles. The van der Waals surface area contributed by atoms with Gasteiger partial charge in [-0.05, 0) is 47.5 Å². The second-order valence-corrected chi connectivity index (χ2v) is 12.1. The topological polar surface area (TPSA) is 86.8 Å². The summed E-state index contributed by atoms with van der Waals surface area (Å²) >= 11 is 12.5. The molecule has 7 nitrogen and oxygen atoms in total. The van der Waals surface area contributed by atoms with Crippen LogP contribution in [0.5, 0.6) is 0 Å². The van der Waals surface area contributed by atoms with Gasteiger partial charge in [0, 0.05) is 30.1 Å². The standard InChI is InChI=1S/C31H28Cl2FN3O4S/c1-35-31(39)29(18-22-10-4-2-5-11-22)36(20-23-16-17-24(32)19-26(23)33)30(38)21-37(28-15-9-8-14-27(28)34)42(40,41)25-12-6-3-7-13-25/h2-17,19,29H,18,20-21H2,1H3,(H,35,39)/t29-/m0/s1. The molecule has 11 heteroatoms. The maximum absolute atomic E-state index is 15.1. The molecule has 1 N–H and O–H groups in total. The molecule has 0 radical (unpaired) electrons. The predicted molar refractivity (Wildman–Crippen MR) is 162 cm³/mol. The fraction of sp³-hybridized carbons (Fsp3) is 0.161. The monoisotopic (exact) mass is 627 g/mol. The van der Waals surface area contributed by atoms with Crippen LogP contribution in [-0.4, -0.2) is 44.8 Å². The van der Waals surface area contributed by atoms with Crippen molar-refractivity contribution in [2.45, 2.75) is 23.9 Å². The molecule has 0 aliphatic heterocycles. The zero-order valence-electron chi connectivity index (χ0n) is 22.6. The van der Waals surface area contributed by atoms with E-state index in [0.29, 0.717) is 10.6 Å². The van der Waals surface area contributed by atoms with Crippen molar-refractivity contribution in [3.05, 3.63) is 130 Å². The molecule has 0 aliphatic carbocycles. The van der Waals surface area contributed by atoms with Crippen molar-refractivity contribution in [2.24, 2.45) is 0 Å². The number of benzene rings is 4. The third-order valence-corrected chi connectivity index (χ3v) is 8.97. The Morgan fingerprint density at radius 2 is 1.50 bits per heavy atom. The minimum Gasteiger partial charge on any atom is -0.357 e. The quantitative estimate of drug-likeness (QED) is 0.231. The van der Waals surface area contributed by atoms with Crippen LogP contribution in [0.2, 0.25) is 10.0 Å². The van der Waals surface area contributed by atoms with Gasteiger partial charge in [-0.15, -0.1) is 0 Å². The highest BCUT2D eigenvalue weighted by molar-refractivity contribution is 7.92. The molecule has 4 rings (SSSR count). The summed E-state index contributed by atoms with van der Waals surface area (Å²) in [6, 6.07) is 25.5. The van der Waals surface area contributed by atoms with E-state index in [9.17, 15) is 18.0 Å². The smallest absolute Gasteiger partial charge is 0.264 e. The molecule has 1 atom stereocenters. The van der Waals surface area contributed by atoms with E-state index in [0.717, 1.165) is 15.9 Å². The highest BCUT2D eigenvalue weighted by Crippen LogP contribution is 2.28. The zero-order chi connectivity index (χ0) is 30.3. The van der Waals surface area contributed by atoms with Crippen LogP contribution in [0.15, 0.2) is 108 Å². The Hall–Kier alpha value is -3.92. The Kier molecular flexibility index (Phi) is 10.2. The first-order valence-corrected chi connectivity index (χ1v) is 15.1. The van der Waals surface area contributed by atoms with Gasteiger partial charge in [0.1, 0.15) is 18.4 Å². The number of anilines is 1. The van der Waals surface area contributed by atoms with Crippen LogP contribution in [0.25, 0.3) is 0 Å². The fourth-order valence-corrected chi connectivity index (χ4v) is 6.35. The minimum atomic E-state index is -4.40. The van der Waals surface area contributed by atoms with E-state index in [-0.39, 0.29) is 28.6 Å². The van der Waals surface area contributed by atoms with Crippen molar-refractivity contribution in [3.63, 3.8) is 0 Å². The van der Waals surface area contributed by atoms with Crippen molar-refractivity contribution in [1.82, 2.24) is 10.2 Å². The Morgan fingerprint density at radius 1 is 0.881 bits per heavy atom. The van der Waals surface area contributed by atoms with Crippen molar-refractivity contribution >= 4 is 50.7 Å². The van der Waals surface area contributed by atoms with Crippen molar-refractivity contribution < 1.29 is 22.4 Å². The lowest BCUT2D eigenvalue weighted by molar-refractivity contribution is -0.139. The lowest BCUT2D eigenvalue weighted by Gasteiger charge is -2.33. The summed E-state index contributed by atoms with van der Waals surface area (Å²) in [7, 11) is -2.95. The molecule has 0 fully saturated rings. The number of carbonyl (C=O) groups is 2. The van der Waals surface area contributed by atoms with Crippen LogP contribution in [0.1, 0.15) is 11.1 Å². The van der Waals surface area contributed by atoms with Crippen molar-refractivity contribution in [3.8, 4) is 0 Å². The molecule has 0 unspecified atom stereocenters. The Balaban J connectivity index is 1.81. The van der Waals surface area contributed by atoms with Gasteiger partial charge in [0.25, 0.3) is 10.0 Å². The summed E-state index contributed by atoms with van der Waals surface area (Å²) in [6.45, 7) is -0.929. The normalized spacial score (nSPS) is 11.9. The first-order chi connectivity index (χ1) is 20.1. The van der Waals surface area contributed by atoms with Gasteiger partial charge in [-0.3, -0.25) is 13.9 Å². The van der Waals surface area contributed by atoms with Crippen LogP contribution in [0, 0.1) is 5.82 Å². The SMILES string of the molecule is CNC(=O)[C@H](Cc1ccccc1)N(Cc1ccc(Cl)cc1Cl)C(=O)CN(c1ccccc1F)S(=O)(=O)c1ccccc1. The van der Waals surface area contributed by atoms with E-state index in [1.165, 1.54) is 60.5 Å². The lowest BCUT2D eigenvalue weighted by Crippen LogP contribution is -2.53. The number of nitrogens with zero attached hydrogens (tertiary/aromatic N) is 2. The summed E-state index contributed by atoms with van der Waals surface area (Å²) in [5.41, 5.74) is 0.951. The van der Waals surface area contributed by atoms with Crippen LogP contribution >= 0.6 is 23.2 Å². The molecule has 0 spiro atoms. The highest BCUT2D eigenvalue weighted by atomic mass is 35.5. The molecule has 4 aromatic rings. The number of hydrogen-bond donors (Lipinski definition) is 1. The highest BCUT2D eigenvalue weighted by Gasteiger charge is 2.35. The summed E-state index contributed by atoms with van der Waals surface area (Å²) in [5, 5.41) is 3.25. The summed E-state index contributed by atoms with van der Waals surface area (Å²) in [5.74, 6) is -2.04. The Labute approximate surface area is 254 Å². The molecule has 4 aromatic carbocycles. The molecule has 2 amide bonds. The largest absolute Gasteiger partial charge is 0.357 e. The van der Waals surface area contributed by atoms with E-state index in [2.05, 4.69) is 5.32 Å². The number of sulfonamides is 1. The van der Waals surface area contributed by atoms with Gasteiger partial charge in [-0.25, -0.2) is 12.8 Å². The van der Waals surface area contributed by atoms with Crippen LogP contribution < -0.4 is 9.62 Å². The van der Waals surface area contributed by atoms with Gasteiger partial charge in [0.05, 0.1) is 10.6 Å². The molecule has 218 valence electrons. The zero-order valence-corrected chi connectivity index (χ0v) is 24.9. The van der Waals surface area contributed by atoms with Gasteiger partial charge in [-0.1, -0.05) is 89.9 Å². The molecular weight excluding hydrogens is 600 g/mol. The first kappa shape index (κ1) is 31.0. The van der Waals surface area contributed by atoms with Gasteiger partial charge < -0.3 is 10.2 Å². The third-order valence-electron chi connectivity index (χ3n) is 6.60. The van der Waals surface area contributed by atoms with E-state index < -0.39 is 40.2 Å². The third kappa shape index (κ3) is 7.28. The summed E-state index contributed by atoms with van der Waals surface area (Å²) in [4.78, 5) is 28.6. The van der Waals surface area contributed by atoms with E-state index in [1.54, 1.807) is 18.2 Å². The van der Waals surface area contributed by atoms with Crippen LogP contribution in [0.4, 0.5) is 10.1 Å². The van der Waals surface area contributed by atoms with E-state index in [4.69, 9.17) is 23.2 Å². The van der Waals surface area contributed by atoms with Gasteiger partial charge in [0.2, 0.25) is 11.8 Å². The van der Waals surface area contributed by atoms with Crippen molar-refractivity contribution in [2.75, 3.05) is 17.9 Å². The molecule has 42 heavy (non-hydrogen) atoms.